The second-order valence-corrected chi connectivity index (χ2v) is 31.7. The van der Waals surface area contributed by atoms with Crippen LogP contribution in [0.15, 0.2) is 85.1 Å². The van der Waals surface area contributed by atoms with Crippen LogP contribution in [0, 0.1) is 17.2 Å². The molecule has 43 heteroatoms. The Morgan fingerprint density at radius 2 is 0.944 bits per heavy atom. The first kappa shape index (κ1) is 102. The lowest BCUT2D eigenvalue weighted by Crippen LogP contribution is -2.61. The summed E-state index contributed by atoms with van der Waals surface area (Å²) in [5.74, 6) is -17.9. The number of aromatic hydroxyl groups is 1. The van der Waals surface area contributed by atoms with Crippen molar-refractivity contribution in [3.63, 3.8) is 0 Å². The van der Waals surface area contributed by atoms with Crippen molar-refractivity contribution in [1.29, 1.82) is 5.41 Å². The molecule has 13 atom stereocenters. The molecule has 0 bridgehead atoms. The third kappa shape index (κ3) is 35.4. The van der Waals surface area contributed by atoms with Crippen molar-refractivity contribution in [1.82, 2.24) is 84.3 Å². The van der Waals surface area contributed by atoms with Crippen LogP contribution in [-0.2, 0) is 101 Å². The maximum absolute atomic E-state index is 15.1. The molecule has 1 aromatic heterocycles. The number of para-hydroxylation sites is 1. The molecule has 5 rings (SSSR count). The highest BCUT2D eigenvalue weighted by atomic mass is 32.1. The number of nitrogens with one attached hydrogen (secondary N) is 16. The van der Waals surface area contributed by atoms with Gasteiger partial charge in [0, 0.05) is 73.8 Å². The topological polar surface area (TPSA) is 666 Å². The van der Waals surface area contributed by atoms with Crippen molar-refractivity contribution in [3.8, 4) is 5.75 Å². The van der Waals surface area contributed by atoms with Crippen LogP contribution in [0.4, 0.5) is 0 Å². The molecular formula is C81H119N21O20S2. The molecule has 1 fully saturated rings. The number of carboxylic acid groups (broad SMARTS) is 2. The number of nitrogens with zero attached hydrogens (tertiary/aromatic N) is 1. The number of H-pyrrole nitrogens is 1. The Labute approximate surface area is 728 Å². The van der Waals surface area contributed by atoms with Gasteiger partial charge in [0.15, 0.2) is 5.96 Å². The van der Waals surface area contributed by atoms with E-state index in [9.17, 15) is 92.0 Å². The van der Waals surface area contributed by atoms with Crippen molar-refractivity contribution in [3.05, 3.63) is 102 Å². The summed E-state index contributed by atoms with van der Waals surface area (Å²) in [6.07, 6.45) is -0.390. The van der Waals surface area contributed by atoms with Crippen molar-refractivity contribution in [2.45, 2.75) is 216 Å². The second-order valence-electron chi connectivity index (χ2n) is 31.0. The summed E-state index contributed by atoms with van der Waals surface area (Å²) in [4.78, 5) is 239. The maximum atomic E-state index is 15.1. The molecule has 27 N–H and O–H groups in total. The summed E-state index contributed by atoms with van der Waals surface area (Å²) in [6, 6.07) is 2.26. The smallest absolute Gasteiger partial charge is 0.322 e. The van der Waals surface area contributed by atoms with Crippen LogP contribution >= 0.6 is 25.3 Å². The van der Waals surface area contributed by atoms with Gasteiger partial charge in [-0.3, -0.25) is 86.9 Å². The number of thiol groups is 2. The predicted octanol–water partition coefficient (Wildman–Crippen LogP) is -3.64. The van der Waals surface area contributed by atoms with Gasteiger partial charge in [-0.2, -0.15) is 25.3 Å². The van der Waals surface area contributed by atoms with Gasteiger partial charge in [0.25, 0.3) is 0 Å². The number of rotatable bonds is 54. The quantitative estimate of drug-likeness (QED) is 0.00878. The van der Waals surface area contributed by atoms with Gasteiger partial charge in [-0.05, 0) is 131 Å². The Kier molecular flexibility index (Phi) is 43.3. The zero-order valence-electron chi connectivity index (χ0n) is 69.9. The highest BCUT2D eigenvalue weighted by Gasteiger charge is 2.40. The predicted molar refractivity (Wildman–Crippen MR) is 461 cm³/mol. The number of phenols is 1. The van der Waals surface area contributed by atoms with Gasteiger partial charge in [0.1, 0.15) is 84.8 Å². The molecule has 680 valence electrons. The van der Waals surface area contributed by atoms with Gasteiger partial charge in [-0.15, -0.1) is 0 Å². The molecule has 1 saturated heterocycles. The van der Waals surface area contributed by atoms with Crippen LogP contribution in [0.1, 0.15) is 135 Å². The first-order valence-corrected chi connectivity index (χ1v) is 42.1. The number of fused-ring (bicyclic) bond motifs is 1. The van der Waals surface area contributed by atoms with Gasteiger partial charge in [-0.1, -0.05) is 88.4 Å². The fourth-order valence-electron chi connectivity index (χ4n) is 13.3. The number of hydrogen-bond acceptors (Lipinski definition) is 23. The number of carbonyl (C=O) groups is 17. The fraction of sp³-hybridized carbons (Fsp3) is 0.531. The molecule has 0 aliphatic carbocycles. The number of aromatic nitrogens is 1. The van der Waals surface area contributed by atoms with Crippen LogP contribution in [0.25, 0.3) is 10.9 Å². The van der Waals surface area contributed by atoms with E-state index in [-0.39, 0.29) is 113 Å². The van der Waals surface area contributed by atoms with Crippen LogP contribution < -0.4 is 97.4 Å². The number of benzene rings is 3. The van der Waals surface area contributed by atoms with Gasteiger partial charge in [-0.25, -0.2) is 0 Å². The number of aromatic amines is 1. The molecule has 4 aromatic rings. The number of nitrogens with two attached hydrogens (primary N) is 4. The van der Waals surface area contributed by atoms with Crippen LogP contribution in [-0.4, -0.2) is 254 Å². The number of hydrogen-bond donors (Lipinski definition) is 25. The minimum absolute atomic E-state index is 0.0365. The SMILES string of the molecule is CC(C)C[C@H](NC(=O)[C@H](Cc1c[nH]c2ccccc12)NC(=O)[C@H](CCC(N)=O)NC(=O)[C@H](CC(C)C)NC(=O)[C@@H]1CCCN1C(=O)CNC(=O)[C@H](C)NC(=O)[C@H](CCCNC(=N)N)NC(=O)[C@@H](N)CS)C(=O)N[C@@H](CS)C(=O)N[C@@H](CCC(=O)O)C(=O)N[C@@H](CCCCN)C(=O)N[C@@H](Cc1ccc(O)cc1)C(=O)N[C@@H](Cc1ccccc1)C(=O)NCC(=O)O. The standard InChI is InChI=1S/C81H119N21O20S2/c1-43(2)33-57(76(118)101-62(42-124)79(121)95-56(27-29-66(106)107)73(115)93-53(19-11-12-30-82)72(114)98-60(36-47-22-24-49(103)25-23-47)77(119)97-59(70(112)90-40-67(108)109)35-46-15-7-6-8-16-46)96-78(120)61(37-48-38-88-52-18-10-9-17-50(48)52)99-74(116)55(26-28-64(84)104)94-75(117)58(34-44(3)4)100-80(122)63-21-14-32-102(63)65(105)39-89-68(110)45(5)91-71(113)54(20-13-31-87-81(85)86)92-69(111)51(83)41-123/h6-10,15-18,22-25,38,43-45,51,53-63,88,103,123-124H,11-14,19-21,26-37,39-42,82-83H2,1-5H3,(H2,84,104)(H,89,110)(H,90,112)(H,91,113)(H,92,111)(H,93,115)(H,94,117)(H,95,121)(H,96,120)(H,97,119)(H,98,114)(H,99,116)(H,100,122)(H,101,118)(H,106,107)(H,108,109)(H4,85,86,87)/t45-,51-,53-,54-,55-,56-,57-,58-,59-,60-,61-,62-,63-/m0/s1. The van der Waals surface area contributed by atoms with E-state index in [0.29, 0.717) is 40.4 Å². The molecule has 0 radical (unpaired) electrons. The largest absolute Gasteiger partial charge is 0.508 e. The maximum Gasteiger partial charge on any atom is 0.322 e. The van der Waals surface area contributed by atoms with E-state index < -0.39 is 224 Å². The van der Waals surface area contributed by atoms with Crippen molar-refractivity contribution >= 4 is 143 Å². The van der Waals surface area contributed by atoms with E-state index >= 15 is 4.79 Å². The zero-order valence-corrected chi connectivity index (χ0v) is 71.7. The Balaban J connectivity index is 1.36. The van der Waals surface area contributed by atoms with Crippen molar-refractivity contribution < 1.29 is 96.8 Å². The first-order chi connectivity index (χ1) is 58.8. The number of carboxylic acids is 2. The lowest BCUT2D eigenvalue weighted by molar-refractivity contribution is -0.140. The fourth-order valence-corrected chi connectivity index (χ4v) is 13.8. The third-order valence-corrected chi connectivity index (χ3v) is 20.7. The van der Waals surface area contributed by atoms with Crippen molar-refractivity contribution in [2.75, 3.05) is 44.2 Å². The minimum Gasteiger partial charge on any atom is -0.508 e. The van der Waals surface area contributed by atoms with E-state index in [1.807, 2.05) is 0 Å². The van der Waals surface area contributed by atoms with Gasteiger partial charge >= 0.3 is 11.9 Å². The summed E-state index contributed by atoms with van der Waals surface area (Å²) < 4.78 is 0. The minimum atomic E-state index is -1.75. The number of unbranched alkanes of at least 4 members (excludes halogenated alkanes) is 1. The number of aliphatic carboxylic acids is 2. The second kappa shape index (κ2) is 52.4. The van der Waals surface area contributed by atoms with E-state index in [2.05, 4.69) is 105 Å². The monoisotopic (exact) mass is 1770 g/mol. The zero-order chi connectivity index (χ0) is 91.9. The average Bonchev–Trinajstić information content (AvgIpc) is 1.69. The van der Waals surface area contributed by atoms with Crippen LogP contribution in [0.3, 0.4) is 0 Å². The van der Waals surface area contributed by atoms with Gasteiger partial charge < -0.3 is 123 Å². The third-order valence-electron chi connectivity index (χ3n) is 19.9. The summed E-state index contributed by atoms with van der Waals surface area (Å²) >= 11 is 8.38. The van der Waals surface area contributed by atoms with E-state index in [1.165, 1.54) is 36.1 Å². The molecule has 0 saturated carbocycles. The highest BCUT2D eigenvalue weighted by molar-refractivity contribution is 7.80. The van der Waals surface area contributed by atoms with Gasteiger partial charge in [0.2, 0.25) is 88.6 Å². The molecule has 41 nitrogen and oxygen atoms in total. The molecule has 2 heterocycles. The summed E-state index contributed by atoms with van der Waals surface area (Å²) in [5, 5.41) is 73.2. The molecule has 1 aliphatic heterocycles. The normalized spacial score (nSPS) is 15.3. The van der Waals surface area contributed by atoms with E-state index in [4.69, 9.17) is 28.3 Å². The van der Waals surface area contributed by atoms with E-state index in [0.717, 1.165) is 0 Å². The average molecular weight is 1770 g/mol. The van der Waals surface area contributed by atoms with Crippen LogP contribution in [0.2, 0.25) is 0 Å². The van der Waals surface area contributed by atoms with Crippen LogP contribution in [0.5, 0.6) is 5.75 Å². The Hall–Kier alpha value is -12.1. The molecular weight excluding hydrogens is 1650 g/mol. The molecule has 3 aromatic carbocycles. The highest BCUT2D eigenvalue weighted by Crippen LogP contribution is 2.23. The molecule has 1 aliphatic rings. The molecule has 124 heavy (non-hydrogen) atoms. The van der Waals surface area contributed by atoms with E-state index in [1.54, 1.807) is 88.5 Å². The first-order valence-electron chi connectivity index (χ1n) is 40.8. The van der Waals surface area contributed by atoms with Crippen molar-refractivity contribution in [2.24, 2.45) is 34.8 Å². The number of likely N-dealkylation sites (tertiary alicyclic amines) is 1. The number of phenolic OH excluding ortho intramolecular Hbond substituents is 1. The Morgan fingerprint density at radius 1 is 0.484 bits per heavy atom. The number of carbonyl (C=O) groups excluding carboxylic acids is 15. The van der Waals surface area contributed by atoms with Gasteiger partial charge in [0.05, 0.1) is 12.6 Å². The molecule has 0 unspecified atom stereocenters. The lowest BCUT2D eigenvalue weighted by Gasteiger charge is -2.29. The lowest BCUT2D eigenvalue weighted by atomic mass is 9.99. The Bertz CT molecular complexity index is 4350. The molecule has 0 spiro atoms. The summed E-state index contributed by atoms with van der Waals surface area (Å²) in [6.45, 7) is 7.20. The number of amides is 15. The number of primary amides is 1. The Morgan fingerprint density at radius 3 is 1.48 bits per heavy atom. The summed E-state index contributed by atoms with van der Waals surface area (Å²) in [7, 11) is 0. The molecule has 15 amide bonds. The summed E-state index contributed by atoms with van der Waals surface area (Å²) in [5.41, 5.74) is 24.7. The number of guanidine groups is 1.